The highest BCUT2D eigenvalue weighted by Crippen LogP contribution is 2.37. The lowest BCUT2D eigenvalue weighted by molar-refractivity contribution is 0.303. The molecule has 0 radical (unpaired) electrons. The van der Waals surface area contributed by atoms with Crippen molar-refractivity contribution >= 4 is 10.0 Å². The quantitative estimate of drug-likeness (QED) is 0.792. The summed E-state index contributed by atoms with van der Waals surface area (Å²) in [4.78, 5) is 0.353. The van der Waals surface area contributed by atoms with Crippen LogP contribution in [-0.4, -0.2) is 25.8 Å². The molecule has 3 nitrogen and oxygen atoms in total. The van der Waals surface area contributed by atoms with Crippen LogP contribution in [0, 0.1) is 12.8 Å². The van der Waals surface area contributed by atoms with E-state index in [1.165, 1.54) is 5.56 Å². The van der Waals surface area contributed by atoms with Crippen LogP contribution in [-0.2, 0) is 10.0 Å². The Morgan fingerprint density at radius 1 is 1.04 bits per heavy atom. The van der Waals surface area contributed by atoms with Crippen molar-refractivity contribution in [2.24, 2.45) is 5.92 Å². The first-order valence-electron chi connectivity index (χ1n) is 8.19. The zero-order valence-electron chi connectivity index (χ0n) is 14.1. The van der Waals surface area contributed by atoms with Crippen LogP contribution in [0.5, 0.6) is 0 Å². The predicted octanol–water partition coefficient (Wildman–Crippen LogP) is 3.98. The molecule has 0 aromatic heterocycles. The second-order valence-corrected chi connectivity index (χ2v) is 8.57. The van der Waals surface area contributed by atoms with E-state index < -0.39 is 10.0 Å². The third-order valence-electron chi connectivity index (χ3n) is 4.70. The lowest BCUT2D eigenvalue weighted by Gasteiger charge is -2.38. The summed E-state index contributed by atoms with van der Waals surface area (Å²) in [6, 6.07) is 17.3. The van der Waals surface area contributed by atoms with Gasteiger partial charge in [-0.15, -0.1) is 0 Å². The molecule has 0 N–H and O–H groups in total. The first-order chi connectivity index (χ1) is 11.4. The molecule has 2 aromatic carbocycles. The molecule has 0 amide bonds. The molecule has 1 aliphatic rings. The molecule has 0 saturated carbocycles. The van der Waals surface area contributed by atoms with Crippen molar-refractivity contribution in [1.82, 2.24) is 4.31 Å². The first kappa shape index (κ1) is 16.9. The summed E-state index contributed by atoms with van der Waals surface area (Å²) in [6.07, 6.45) is 0. The van der Waals surface area contributed by atoms with Crippen LogP contribution in [0.2, 0.25) is 0 Å². The number of hydrogen-bond donors (Lipinski definition) is 0. The Bertz CT molecular complexity index is 826. The summed E-state index contributed by atoms with van der Waals surface area (Å²) in [5.41, 5.74) is 3.22. The second-order valence-electron chi connectivity index (χ2n) is 6.63. The lowest BCUT2D eigenvalue weighted by atomic mass is 9.79. The van der Waals surface area contributed by atoms with E-state index in [9.17, 15) is 8.42 Å². The summed E-state index contributed by atoms with van der Waals surface area (Å²) in [6.45, 7) is 9.12. The molecule has 1 heterocycles. The van der Waals surface area contributed by atoms with E-state index in [0.717, 1.165) is 11.1 Å². The van der Waals surface area contributed by atoms with Gasteiger partial charge in [-0.1, -0.05) is 67.1 Å². The molecule has 2 aromatic rings. The van der Waals surface area contributed by atoms with Crippen LogP contribution in [0.15, 0.2) is 71.6 Å². The molecule has 1 fully saturated rings. The Morgan fingerprint density at radius 2 is 1.67 bits per heavy atom. The van der Waals surface area contributed by atoms with Gasteiger partial charge >= 0.3 is 0 Å². The SMILES string of the molecule is C=C1CN(S(=O)(=O)c2ccc(C)cc2)C[C@@H](C)[C@@H]1c1ccccc1. The van der Waals surface area contributed by atoms with Gasteiger partial charge in [0.25, 0.3) is 0 Å². The molecule has 1 aliphatic heterocycles. The smallest absolute Gasteiger partial charge is 0.207 e. The summed E-state index contributed by atoms with van der Waals surface area (Å²) in [5, 5.41) is 0. The highest BCUT2D eigenvalue weighted by Gasteiger charge is 2.36. The van der Waals surface area contributed by atoms with Gasteiger partial charge in [-0.3, -0.25) is 0 Å². The molecule has 126 valence electrons. The monoisotopic (exact) mass is 341 g/mol. The van der Waals surface area contributed by atoms with Crippen LogP contribution in [0.25, 0.3) is 0 Å². The van der Waals surface area contributed by atoms with Gasteiger partial charge in [0, 0.05) is 19.0 Å². The molecule has 1 saturated heterocycles. The largest absolute Gasteiger partial charge is 0.243 e. The molecule has 2 atom stereocenters. The molecular formula is C20H23NO2S. The zero-order chi connectivity index (χ0) is 17.3. The summed E-state index contributed by atoms with van der Waals surface area (Å²) >= 11 is 0. The number of nitrogens with zero attached hydrogens (tertiary/aromatic N) is 1. The number of sulfonamides is 1. The maximum absolute atomic E-state index is 12.9. The van der Waals surface area contributed by atoms with Crippen molar-refractivity contribution in [2.75, 3.05) is 13.1 Å². The third kappa shape index (κ3) is 3.17. The van der Waals surface area contributed by atoms with E-state index in [0.29, 0.717) is 18.0 Å². The molecule has 24 heavy (non-hydrogen) atoms. The van der Waals surface area contributed by atoms with Gasteiger partial charge in [0.1, 0.15) is 0 Å². The van der Waals surface area contributed by atoms with Crippen molar-refractivity contribution in [3.8, 4) is 0 Å². The number of rotatable bonds is 3. The maximum Gasteiger partial charge on any atom is 0.243 e. The summed E-state index contributed by atoms with van der Waals surface area (Å²) in [7, 11) is -3.48. The minimum Gasteiger partial charge on any atom is -0.207 e. The Hall–Kier alpha value is -1.91. The maximum atomic E-state index is 12.9. The molecule has 0 spiro atoms. The van der Waals surface area contributed by atoms with E-state index in [1.54, 1.807) is 16.4 Å². The van der Waals surface area contributed by atoms with Gasteiger partial charge in [0.05, 0.1) is 4.90 Å². The summed E-state index contributed by atoms with van der Waals surface area (Å²) < 4.78 is 27.4. The van der Waals surface area contributed by atoms with E-state index in [4.69, 9.17) is 0 Å². The number of piperidine rings is 1. The number of aryl methyl sites for hydroxylation is 1. The molecule has 0 bridgehead atoms. The van der Waals surface area contributed by atoms with Crippen molar-refractivity contribution in [3.05, 3.63) is 77.9 Å². The van der Waals surface area contributed by atoms with Crippen molar-refractivity contribution < 1.29 is 8.42 Å². The van der Waals surface area contributed by atoms with Gasteiger partial charge in [0.15, 0.2) is 0 Å². The van der Waals surface area contributed by atoms with Gasteiger partial charge in [0.2, 0.25) is 10.0 Å². The van der Waals surface area contributed by atoms with Crippen molar-refractivity contribution in [2.45, 2.75) is 24.7 Å². The van der Waals surface area contributed by atoms with Crippen molar-refractivity contribution in [3.63, 3.8) is 0 Å². The minimum absolute atomic E-state index is 0.189. The Kier molecular flexibility index (Phi) is 4.61. The predicted molar refractivity (Wildman–Crippen MR) is 97.4 cm³/mol. The van der Waals surface area contributed by atoms with Crippen LogP contribution in [0.4, 0.5) is 0 Å². The lowest BCUT2D eigenvalue weighted by Crippen LogP contribution is -2.43. The second kappa shape index (κ2) is 6.54. The fraction of sp³-hybridized carbons (Fsp3) is 0.300. The van der Waals surface area contributed by atoms with Gasteiger partial charge in [-0.05, 0) is 30.5 Å². The van der Waals surface area contributed by atoms with Gasteiger partial charge in [-0.25, -0.2) is 8.42 Å². The first-order valence-corrected chi connectivity index (χ1v) is 9.63. The molecule has 4 heteroatoms. The molecule has 0 aliphatic carbocycles. The van der Waals surface area contributed by atoms with Gasteiger partial charge < -0.3 is 0 Å². The third-order valence-corrected chi connectivity index (χ3v) is 6.52. The molecule has 3 rings (SSSR count). The van der Waals surface area contributed by atoms with Gasteiger partial charge in [-0.2, -0.15) is 4.31 Å². The normalized spacial score (nSPS) is 22.5. The van der Waals surface area contributed by atoms with Crippen LogP contribution >= 0.6 is 0 Å². The molecular weight excluding hydrogens is 318 g/mol. The fourth-order valence-electron chi connectivity index (χ4n) is 3.49. The number of benzene rings is 2. The standard InChI is InChI=1S/C20H23NO2S/c1-15-9-11-19(12-10-15)24(22,23)21-13-16(2)20(17(3)14-21)18-7-5-4-6-8-18/h4-12,17,20H,2,13-14H2,1,3H3/t17-,20-/m1/s1. The van der Waals surface area contributed by atoms with E-state index in [1.807, 2.05) is 37.3 Å². The Labute approximate surface area is 144 Å². The minimum atomic E-state index is -3.48. The topological polar surface area (TPSA) is 37.4 Å². The zero-order valence-corrected chi connectivity index (χ0v) is 15.0. The van der Waals surface area contributed by atoms with Crippen LogP contribution < -0.4 is 0 Å². The van der Waals surface area contributed by atoms with E-state index in [2.05, 4.69) is 25.6 Å². The average Bonchev–Trinajstić information content (AvgIpc) is 2.55. The van der Waals surface area contributed by atoms with E-state index >= 15 is 0 Å². The highest BCUT2D eigenvalue weighted by atomic mass is 32.2. The molecule has 0 unspecified atom stereocenters. The average molecular weight is 341 g/mol. The Morgan fingerprint density at radius 3 is 2.25 bits per heavy atom. The fourth-order valence-corrected chi connectivity index (χ4v) is 5.03. The van der Waals surface area contributed by atoms with E-state index in [-0.39, 0.29) is 11.8 Å². The number of hydrogen-bond acceptors (Lipinski definition) is 2. The van der Waals surface area contributed by atoms with Crippen molar-refractivity contribution in [1.29, 1.82) is 0 Å². The highest BCUT2D eigenvalue weighted by molar-refractivity contribution is 7.89. The Balaban J connectivity index is 1.86. The summed E-state index contributed by atoms with van der Waals surface area (Å²) in [5.74, 6) is 0.393. The van der Waals surface area contributed by atoms with Crippen LogP contribution in [0.3, 0.4) is 0 Å². The van der Waals surface area contributed by atoms with Crippen LogP contribution in [0.1, 0.15) is 24.0 Å².